The maximum absolute atomic E-state index is 6.08. The number of ether oxygens (including phenoxy) is 2. The zero-order chi connectivity index (χ0) is 18.4. The lowest BCUT2D eigenvalue weighted by atomic mass is 9.96. The van der Waals surface area contributed by atoms with Crippen LogP contribution in [-0.4, -0.2) is 23.8 Å². The molecule has 1 aliphatic carbocycles. The summed E-state index contributed by atoms with van der Waals surface area (Å²) in [7, 11) is 1.57. The fraction of sp³-hybridized carbons (Fsp3) is 0.286. The highest BCUT2D eigenvalue weighted by molar-refractivity contribution is 5.78. The number of rotatable bonds is 6. The molecule has 2 aromatic heterocycles. The number of hydrogen-bond acceptors (Lipinski definition) is 5. The topological polar surface area (TPSA) is 56.6 Å². The minimum absolute atomic E-state index is 0.421. The molecule has 0 saturated carbocycles. The third kappa shape index (κ3) is 3.82. The first-order valence-corrected chi connectivity index (χ1v) is 8.75. The molecular weight excluding hydrogens is 326 g/mol. The van der Waals surface area contributed by atoms with Crippen molar-refractivity contribution in [1.82, 2.24) is 9.97 Å². The molecule has 134 valence electrons. The van der Waals surface area contributed by atoms with Crippen molar-refractivity contribution in [3.05, 3.63) is 65.4 Å². The molecule has 0 spiro atoms. The van der Waals surface area contributed by atoms with E-state index >= 15 is 0 Å². The van der Waals surface area contributed by atoms with Crippen LogP contribution < -0.4 is 4.74 Å². The van der Waals surface area contributed by atoms with E-state index in [1.54, 1.807) is 19.5 Å². The average Bonchev–Trinajstić information content (AvgIpc) is 2.69. The van der Waals surface area contributed by atoms with Gasteiger partial charge in [-0.1, -0.05) is 12.2 Å². The fourth-order valence-corrected chi connectivity index (χ4v) is 3.11. The smallest absolute Gasteiger partial charge is 0.227 e. The summed E-state index contributed by atoms with van der Waals surface area (Å²) in [4.78, 5) is 12.9. The Kier molecular flexibility index (Phi) is 5.79. The molecule has 0 bridgehead atoms. The second kappa shape index (κ2) is 8.43. The molecule has 26 heavy (non-hydrogen) atoms. The van der Waals surface area contributed by atoms with E-state index in [4.69, 9.17) is 9.47 Å². The van der Waals surface area contributed by atoms with Crippen LogP contribution >= 0.6 is 0 Å². The molecule has 0 aliphatic heterocycles. The lowest BCUT2D eigenvalue weighted by Gasteiger charge is -2.16. The summed E-state index contributed by atoms with van der Waals surface area (Å²) in [6, 6.07) is 5.85. The summed E-state index contributed by atoms with van der Waals surface area (Å²) in [6.07, 6.45) is 11.8. The summed E-state index contributed by atoms with van der Waals surface area (Å²) >= 11 is 0. The van der Waals surface area contributed by atoms with E-state index in [0.717, 1.165) is 24.0 Å². The van der Waals surface area contributed by atoms with Gasteiger partial charge in [-0.15, -0.1) is 0 Å². The highest BCUT2D eigenvalue weighted by Crippen LogP contribution is 2.32. The van der Waals surface area contributed by atoms with Crippen molar-refractivity contribution in [3.63, 3.8) is 0 Å². The summed E-state index contributed by atoms with van der Waals surface area (Å²) in [5, 5.41) is 0. The third-order valence-electron chi connectivity index (χ3n) is 4.32. The minimum atomic E-state index is 0.421. The number of nitrogens with zero attached hydrogens (tertiary/aromatic N) is 3. The lowest BCUT2D eigenvalue weighted by molar-refractivity contribution is 0.291. The summed E-state index contributed by atoms with van der Waals surface area (Å²) in [5.41, 5.74) is 3.99. The molecule has 2 aromatic rings. The van der Waals surface area contributed by atoms with Gasteiger partial charge in [0, 0.05) is 23.0 Å². The van der Waals surface area contributed by atoms with E-state index in [9.17, 15) is 0 Å². The van der Waals surface area contributed by atoms with Crippen LogP contribution in [0.5, 0.6) is 11.6 Å². The van der Waals surface area contributed by atoms with Gasteiger partial charge >= 0.3 is 0 Å². The van der Waals surface area contributed by atoms with Gasteiger partial charge in [0.05, 0.1) is 13.3 Å². The van der Waals surface area contributed by atoms with Crippen LogP contribution in [0, 0.1) is 0 Å². The standard InChI is InChI=1S/C21H23N3O2/c1-4-8-17(20(22-2)25-3)18-10-7-12-23-21(18)26-16-13-15-9-5-6-11-19(15)24-14-16/h4,7-8,10,12-14H,2,5-6,9,11H2,1,3H3/b8-4-,20-17-. The highest BCUT2D eigenvalue weighted by Gasteiger charge is 2.16. The van der Waals surface area contributed by atoms with Gasteiger partial charge in [0.1, 0.15) is 5.75 Å². The van der Waals surface area contributed by atoms with E-state index in [0.29, 0.717) is 17.5 Å². The maximum atomic E-state index is 6.08. The monoisotopic (exact) mass is 349 g/mol. The molecule has 0 N–H and O–H groups in total. The van der Waals surface area contributed by atoms with Crippen molar-refractivity contribution in [1.29, 1.82) is 0 Å². The summed E-state index contributed by atoms with van der Waals surface area (Å²) in [6.45, 7) is 5.52. The lowest BCUT2D eigenvalue weighted by Crippen LogP contribution is -2.05. The van der Waals surface area contributed by atoms with Crippen molar-refractivity contribution in [2.75, 3.05) is 7.11 Å². The van der Waals surface area contributed by atoms with E-state index in [1.165, 1.54) is 24.1 Å². The number of aryl methyl sites for hydroxylation is 2. The van der Waals surface area contributed by atoms with Crippen LogP contribution in [0.25, 0.3) is 5.57 Å². The molecule has 0 fully saturated rings. The van der Waals surface area contributed by atoms with Gasteiger partial charge in [-0.3, -0.25) is 4.98 Å². The van der Waals surface area contributed by atoms with E-state index in [1.807, 2.05) is 31.2 Å². The Morgan fingerprint density at radius 3 is 2.88 bits per heavy atom. The fourth-order valence-electron chi connectivity index (χ4n) is 3.11. The van der Waals surface area contributed by atoms with Crippen LogP contribution in [0.3, 0.4) is 0 Å². The average molecular weight is 349 g/mol. The van der Waals surface area contributed by atoms with Crippen LogP contribution in [0.1, 0.15) is 36.6 Å². The molecule has 2 heterocycles. The van der Waals surface area contributed by atoms with Gasteiger partial charge < -0.3 is 9.47 Å². The number of methoxy groups -OCH3 is 1. The molecule has 0 aromatic carbocycles. The van der Waals surface area contributed by atoms with Crippen molar-refractivity contribution in [2.24, 2.45) is 4.99 Å². The number of hydrogen-bond donors (Lipinski definition) is 0. The molecule has 0 amide bonds. The van der Waals surface area contributed by atoms with E-state index in [-0.39, 0.29) is 0 Å². The van der Waals surface area contributed by atoms with Crippen LogP contribution in [0.2, 0.25) is 0 Å². The molecule has 5 heteroatoms. The second-order valence-corrected chi connectivity index (χ2v) is 6.02. The van der Waals surface area contributed by atoms with Gasteiger partial charge in [-0.05, 0) is 63.1 Å². The predicted octanol–water partition coefficient (Wildman–Crippen LogP) is 4.74. The summed E-state index contributed by atoms with van der Waals surface area (Å²) in [5.74, 6) is 1.59. The predicted molar refractivity (Wildman–Crippen MR) is 103 cm³/mol. The van der Waals surface area contributed by atoms with E-state index in [2.05, 4.69) is 27.7 Å². The number of aliphatic imine (C=N–C) groups is 1. The second-order valence-electron chi connectivity index (χ2n) is 6.02. The SMILES string of the molecule is C=N/C(OC)=C(\C=C/C)c1cccnc1Oc1cnc2c(c1)CCCC2. The van der Waals surface area contributed by atoms with Crippen LogP contribution in [0.4, 0.5) is 0 Å². The molecule has 0 unspecified atom stereocenters. The molecule has 0 atom stereocenters. The molecule has 1 aliphatic rings. The zero-order valence-corrected chi connectivity index (χ0v) is 15.2. The number of pyridine rings is 2. The number of fused-ring (bicyclic) bond motifs is 1. The Hall–Kier alpha value is -2.95. The first kappa shape index (κ1) is 17.9. The Balaban J connectivity index is 1.99. The number of allylic oxidation sites excluding steroid dienone is 3. The van der Waals surface area contributed by atoms with Gasteiger partial charge in [0.15, 0.2) is 0 Å². The van der Waals surface area contributed by atoms with Crippen molar-refractivity contribution < 1.29 is 9.47 Å². The zero-order valence-electron chi connectivity index (χ0n) is 15.2. The maximum Gasteiger partial charge on any atom is 0.227 e. The van der Waals surface area contributed by atoms with Crippen molar-refractivity contribution >= 4 is 12.3 Å². The molecule has 5 nitrogen and oxygen atoms in total. The van der Waals surface area contributed by atoms with Crippen molar-refractivity contribution in [2.45, 2.75) is 32.6 Å². The Morgan fingerprint density at radius 1 is 1.27 bits per heavy atom. The third-order valence-corrected chi connectivity index (χ3v) is 4.32. The highest BCUT2D eigenvalue weighted by atomic mass is 16.5. The van der Waals surface area contributed by atoms with Crippen molar-refractivity contribution in [3.8, 4) is 11.6 Å². The first-order chi connectivity index (χ1) is 12.8. The molecule has 0 saturated heterocycles. The molecule has 0 radical (unpaired) electrons. The first-order valence-electron chi connectivity index (χ1n) is 8.75. The Bertz CT molecular complexity index is 856. The minimum Gasteiger partial charge on any atom is -0.481 e. The Labute approximate surface area is 154 Å². The van der Waals surface area contributed by atoms with Crippen LogP contribution in [0.15, 0.2) is 53.6 Å². The molecular formula is C21H23N3O2. The Morgan fingerprint density at radius 2 is 2.12 bits per heavy atom. The van der Waals surface area contributed by atoms with E-state index < -0.39 is 0 Å². The van der Waals surface area contributed by atoms with Gasteiger partial charge in [-0.25, -0.2) is 9.98 Å². The largest absolute Gasteiger partial charge is 0.481 e. The normalized spacial score (nSPS) is 14.5. The van der Waals surface area contributed by atoms with Gasteiger partial charge in [0.25, 0.3) is 0 Å². The van der Waals surface area contributed by atoms with Crippen LogP contribution in [-0.2, 0) is 17.6 Å². The number of aromatic nitrogens is 2. The molecule has 3 rings (SSSR count). The van der Waals surface area contributed by atoms with Gasteiger partial charge in [-0.2, -0.15) is 0 Å². The van der Waals surface area contributed by atoms with Gasteiger partial charge in [0.2, 0.25) is 11.8 Å². The summed E-state index contributed by atoms with van der Waals surface area (Å²) < 4.78 is 11.4. The quantitative estimate of drug-likeness (QED) is 0.429.